The van der Waals surface area contributed by atoms with Crippen LogP contribution < -0.4 is 10.2 Å². The van der Waals surface area contributed by atoms with Crippen LogP contribution in [0.2, 0.25) is 0 Å². The number of aliphatic hydroxyl groups is 1. The second-order valence-electron chi connectivity index (χ2n) is 16.7. The monoisotopic (exact) mass is 857 g/mol. The van der Waals surface area contributed by atoms with Crippen LogP contribution in [0, 0.1) is 0 Å². The number of nitrogens with one attached hydrogen (secondary N) is 1. The van der Waals surface area contributed by atoms with Crippen molar-refractivity contribution < 1.29 is 32.9 Å². The number of rotatable bonds is 41. The molecule has 0 aliphatic heterocycles. The molecule has 9 heteroatoms. The normalized spacial score (nSPS) is 15.1. The highest BCUT2D eigenvalue weighted by Gasteiger charge is 2.24. The maximum absolute atomic E-state index is 12.8. The van der Waals surface area contributed by atoms with Crippen LogP contribution in [0.15, 0.2) is 97.2 Å². The van der Waals surface area contributed by atoms with Crippen LogP contribution in [-0.4, -0.2) is 68.5 Å². The molecule has 0 saturated heterocycles. The van der Waals surface area contributed by atoms with Gasteiger partial charge in [0.05, 0.1) is 39.9 Å². The molecule has 0 aromatic carbocycles. The maximum atomic E-state index is 12.8. The van der Waals surface area contributed by atoms with Crippen LogP contribution in [0.1, 0.15) is 168 Å². The van der Waals surface area contributed by atoms with Crippen molar-refractivity contribution in [2.45, 2.75) is 180 Å². The molecule has 3 atom stereocenters. The summed E-state index contributed by atoms with van der Waals surface area (Å²) in [5.41, 5.74) is 0. The summed E-state index contributed by atoms with van der Waals surface area (Å²) in [5, 5.41) is 13.7. The zero-order valence-corrected chi connectivity index (χ0v) is 39.8. The summed E-state index contributed by atoms with van der Waals surface area (Å²) < 4.78 is 23.1. The molecule has 0 fully saturated rings. The van der Waals surface area contributed by atoms with E-state index in [-0.39, 0.29) is 19.1 Å². The van der Waals surface area contributed by atoms with Gasteiger partial charge in [0.2, 0.25) is 5.91 Å². The van der Waals surface area contributed by atoms with Gasteiger partial charge in [0.1, 0.15) is 13.2 Å². The summed E-state index contributed by atoms with van der Waals surface area (Å²) in [4.78, 5) is 25.1. The molecule has 1 amide bonds. The van der Waals surface area contributed by atoms with Gasteiger partial charge in [0.25, 0.3) is 7.82 Å². The van der Waals surface area contributed by atoms with Crippen molar-refractivity contribution >= 4 is 13.7 Å². The van der Waals surface area contributed by atoms with Crippen LogP contribution >= 0.6 is 7.82 Å². The van der Waals surface area contributed by atoms with Crippen molar-refractivity contribution in [2.24, 2.45) is 0 Å². The van der Waals surface area contributed by atoms with Crippen molar-refractivity contribution in [3.05, 3.63) is 97.2 Å². The fraction of sp³-hybridized carbons (Fsp3) is 0.667. The number of aliphatic hydroxyl groups excluding tert-OH is 1. The zero-order valence-electron chi connectivity index (χ0n) is 38.9. The van der Waals surface area contributed by atoms with Gasteiger partial charge in [0.15, 0.2) is 0 Å². The van der Waals surface area contributed by atoms with Gasteiger partial charge in [-0.3, -0.25) is 9.36 Å². The molecule has 0 aliphatic rings. The number of unbranched alkanes of at least 4 members (excludes halogenated alkanes) is 12. The van der Waals surface area contributed by atoms with Gasteiger partial charge in [-0.25, -0.2) is 0 Å². The highest BCUT2D eigenvalue weighted by molar-refractivity contribution is 7.45. The van der Waals surface area contributed by atoms with Crippen LogP contribution in [0.5, 0.6) is 0 Å². The van der Waals surface area contributed by atoms with Gasteiger partial charge >= 0.3 is 0 Å². The molecule has 60 heavy (non-hydrogen) atoms. The SMILES string of the molecule is CC/C=C\C/C=C\C/C=C\C/C=C\C/C=C\C/C=C\C/C=C\C/C=C\CCCCCCCCCCC(=O)NC(COP(=O)([O-])OCC[N+](C)(C)C)C(O)CCCCCCC. The summed E-state index contributed by atoms with van der Waals surface area (Å²) >= 11 is 0. The highest BCUT2D eigenvalue weighted by Crippen LogP contribution is 2.38. The van der Waals surface area contributed by atoms with Crippen LogP contribution in [-0.2, 0) is 18.4 Å². The number of phosphoric ester groups is 1. The second-order valence-corrected chi connectivity index (χ2v) is 18.1. The van der Waals surface area contributed by atoms with Gasteiger partial charge < -0.3 is 28.8 Å². The lowest BCUT2D eigenvalue weighted by molar-refractivity contribution is -0.870. The third kappa shape index (κ3) is 43.5. The third-order valence-electron chi connectivity index (χ3n) is 9.84. The molecule has 0 saturated carbocycles. The average molecular weight is 857 g/mol. The average Bonchev–Trinajstić information content (AvgIpc) is 3.20. The van der Waals surface area contributed by atoms with E-state index >= 15 is 0 Å². The van der Waals surface area contributed by atoms with Gasteiger partial charge in [-0.2, -0.15) is 0 Å². The minimum absolute atomic E-state index is 0.00434. The lowest BCUT2D eigenvalue weighted by Gasteiger charge is -2.30. The number of likely N-dealkylation sites (N-methyl/N-ethyl adjacent to an activating group) is 1. The number of allylic oxidation sites excluding steroid dienone is 16. The Hall–Kier alpha value is -2.58. The molecule has 0 rings (SSSR count). The molecule has 0 heterocycles. The zero-order chi connectivity index (χ0) is 44.3. The predicted octanol–water partition coefficient (Wildman–Crippen LogP) is 12.9. The van der Waals surface area contributed by atoms with Gasteiger partial charge in [-0.15, -0.1) is 0 Å². The molecule has 0 radical (unpaired) electrons. The topological polar surface area (TPSA) is 108 Å². The Morgan fingerprint density at radius 1 is 0.600 bits per heavy atom. The van der Waals surface area contributed by atoms with Crippen molar-refractivity contribution in [1.82, 2.24) is 5.32 Å². The smallest absolute Gasteiger partial charge is 0.268 e. The van der Waals surface area contributed by atoms with E-state index in [2.05, 4.69) is 116 Å². The molecule has 344 valence electrons. The van der Waals surface area contributed by atoms with Crippen molar-refractivity contribution in [3.63, 3.8) is 0 Å². The van der Waals surface area contributed by atoms with Crippen LogP contribution in [0.4, 0.5) is 0 Å². The lowest BCUT2D eigenvalue weighted by atomic mass is 10.0. The van der Waals surface area contributed by atoms with Crippen LogP contribution in [0.25, 0.3) is 0 Å². The second kappa shape index (κ2) is 41.8. The summed E-state index contributed by atoms with van der Waals surface area (Å²) in [6, 6.07) is -0.807. The van der Waals surface area contributed by atoms with Crippen LogP contribution in [0.3, 0.4) is 0 Å². The Morgan fingerprint density at radius 3 is 1.48 bits per heavy atom. The molecule has 8 nitrogen and oxygen atoms in total. The number of quaternary nitrogens is 1. The van der Waals surface area contributed by atoms with E-state index in [0.29, 0.717) is 23.9 Å². The van der Waals surface area contributed by atoms with E-state index in [1.165, 1.54) is 32.1 Å². The number of amides is 1. The Bertz CT molecular complexity index is 1290. The van der Waals surface area contributed by atoms with E-state index in [4.69, 9.17) is 9.05 Å². The number of phosphoric acid groups is 1. The molecule has 0 spiro atoms. The maximum Gasteiger partial charge on any atom is 0.268 e. The summed E-state index contributed by atoms with van der Waals surface area (Å²) in [7, 11) is 1.28. The van der Waals surface area contributed by atoms with Gasteiger partial charge in [0, 0.05) is 6.42 Å². The van der Waals surface area contributed by atoms with Gasteiger partial charge in [-0.1, -0.05) is 182 Å². The Balaban J connectivity index is 4.01. The van der Waals surface area contributed by atoms with E-state index in [1.807, 2.05) is 21.1 Å². The first-order chi connectivity index (χ1) is 29.0. The minimum atomic E-state index is -4.56. The lowest BCUT2D eigenvalue weighted by Crippen LogP contribution is -2.46. The number of hydrogen-bond acceptors (Lipinski definition) is 6. The Labute approximate surface area is 369 Å². The summed E-state index contributed by atoms with van der Waals surface area (Å²) in [6.07, 6.45) is 59.0. The third-order valence-corrected chi connectivity index (χ3v) is 10.8. The van der Waals surface area contributed by atoms with E-state index in [0.717, 1.165) is 109 Å². The number of nitrogens with zero attached hydrogens (tertiary/aromatic N) is 1. The molecule has 0 bridgehead atoms. The van der Waals surface area contributed by atoms with Gasteiger partial charge in [-0.05, 0) is 77.0 Å². The molecular weight excluding hydrogens is 768 g/mol. The molecule has 0 aromatic rings. The molecule has 3 unspecified atom stereocenters. The number of carbonyl (C=O) groups excluding carboxylic acids is 1. The number of carbonyl (C=O) groups is 1. The quantitative estimate of drug-likeness (QED) is 0.0274. The fourth-order valence-corrected chi connectivity index (χ4v) is 6.83. The molecule has 2 N–H and O–H groups in total. The molecular formula is C51H89N2O6P. The first-order valence-corrected chi connectivity index (χ1v) is 25.0. The first kappa shape index (κ1) is 57.4. The first-order valence-electron chi connectivity index (χ1n) is 23.6. The predicted molar refractivity (Wildman–Crippen MR) is 256 cm³/mol. The Kier molecular flexibility index (Phi) is 40.0. The van der Waals surface area contributed by atoms with Crippen molar-refractivity contribution in [2.75, 3.05) is 40.9 Å². The molecule has 0 aliphatic carbocycles. The molecule has 0 aromatic heterocycles. The minimum Gasteiger partial charge on any atom is -0.756 e. The highest BCUT2D eigenvalue weighted by atomic mass is 31.2. The van der Waals surface area contributed by atoms with Crippen molar-refractivity contribution in [1.29, 1.82) is 0 Å². The summed E-state index contributed by atoms with van der Waals surface area (Å²) in [6.45, 7) is 4.47. The number of hydrogen-bond donors (Lipinski definition) is 2. The van der Waals surface area contributed by atoms with E-state index in [9.17, 15) is 19.4 Å². The Morgan fingerprint density at radius 2 is 1.02 bits per heavy atom. The summed E-state index contributed by atoms with van der Waals surface area (Å²) in [5.74, 6) is -0.186. The van der Waals surface area contributed by atoms with E-state index in [1.54, 1.807) is 0 Å². The fourth-order valence-electron chi connectivity index (χ4n) is 6.11. The van der Waals surface area contributed by atoms with E-state index < -0.39 is 20.0 Å². The van der Waals surface area contributed by atoms with Crippen molar-refractivity contribution in [3.8, 4) is 0 Å². The largest absolute Gasteiger partial charge is 0.756 e. The standard InChI is InChI=1S/C51H89N2O6P/c1-6-8-10-12-13-14-15-16-17-18-19-20-21-22-23-24-25-26-27-28-29-30-31-32-33-34-35-36-37-38-39-41-43-45-51(55)52-49(50(54)44-42-40-11-9-7-2)48-59-60(56,57)58-47-46-53(3,4)5/h8,10,13-14,16-17,19-20,22-23,25-26,28-29,31-32,49-50,54H,6-7,9,11-12,15,18,21,24,27,30,33-48H2,1-5H3,(H-,52,55,56,57)/b10-8-,14-13-,17-16-,20-19-,23-22-,26-25-,29-28-,32-31-.